The van der Waals surface area contributed by atoms with Gasteiger partial charge >= 0.3 is 0 Å². The molecule has 0 bridgehead atoms. The van der Waals surface area contributed by atoms with Crippen molar-refractivity contribution in [3.63, 3.8) is 0 Å². The highest BCUT2D eigenvalue weighted by Gasteiger charge is 2.21. The first-order chi connectivity index (χ1) is 7.25. The molecule has 0 saturated heterocycles. The fourth-order valence-corrected chi connectivity index (χ4v) is 2.86. The third kappa shape index (κ3) is 1.29. The highest BCUT2D eigenvalue weighted by atomic mass is 32.2. The number of hydrogen-bond donors (Lipinski definition) is 1. The van der Waals surface area contributed by atoms with Crippen LogP contribution in [0.1, 0.15) is 0 Å². The smallest absolute Gasteiger partial charge is 0.259 e. The monoisotopic (exact) mass is 219 g/mol. The number of aromatic nitrogens is 1. The first-order valence-electron chi connectivity index (χ1n) is 4.73. The average molecular weight is 219 g/mol. The van der Waals surface area contributed by atoms with Gasteiger partial charge in [0.25, 0.3) is 5.56 Å². The lowest BCUT2D eigenvalue weighted by Gasteiger charge is -2.03. The Hall–Kier alpha value is -1.26. The first kappa shape index (κ1) is 9.00. The van der Waals surface area contributed by atoms with Crippen molar-refractivity contribution in [3.05, 3.63) is 40.7 Å². The van der Waals surface area contributed by atoms with Crippen molar-refractivity contribution < 1.29 is 5.11 Å². The highest BCUT2D eigenvalue weighted by molar-refractivity contribution is 7.99. The summed E-state index contributed by atoms with van der Waals surface area (Å²) in [6.45, 7) is 0.393. The largest absolute Gasteiger partial charge is 0.380 e. The van der Waals surface area contributed by atoms with E-state index in [4.69, 9.17) is 0 Å². The van der Waals surface area contributed by atoms with Crippen molar-refractivity contribution in [2.75, 3.05) is 0 Å². The molecule has 2 heterocycles. The molecular weight excluding hydrogens is 210 g/mol. The Morgan fingerprint density at radius 2 is 2.20 bits per heavy atom. The number of pyridine rings is 1. The average Bonchev–Trinajstić information content (AvgIpc) is 2.59. The number of fused-ring (bicyclic) bond motifs is 2. The molecule has 0 amide bonds. The Labute approximate surface area is 90.3 Å². The highest BCUT2D eigenvalue weighted by Crippen LogP contribution is 2.30. The molecule has 2 aromatic rings. The molecule has 15 heavy (non-hydrogen) atoms. The van der Waals surface area contributed by atoms with E-state index in [9.17, 15) is 9.90 Å². The van der Waals surface area contributed by atoms with Gasteiger partial charge in [0, 0.05) is 5.39 Å². The van der Waals surface area contributed by atoms with Gasteiger partial charge in [0.2, 0.25) is 0 Å². The molecule has 1 unspecified atom stereocenters. The van der Waals surface area contributed by atoms with Crippen LogP contribution in [0.25, 0.3) is 10.8 Å². The van der Waals surface area contributed by atoms with Gasteiger partial charge in [-0.1, -0.05) is 30.0 Å². The van der Waals surface area contributed by atoms with Crippen LogP contribution in [-0.2, 0) is 6.54 Å². The van der Waals surface area contributed by atoms with Gasteiger partial charge in [0.1, 0.15) is 5.44 Å². The lowest BCUT2D eigenvalue weighted by Crippen LogP contribution is -2.20. The molecule has 4 heteroatoms. The van der Waals surface area contributed by atoms with Crippen LogP contribution in [-0.4, -0.2) is 15.1 Å². The fraction of sp³-hybridized carbons (Fsp3) is 0.182. The summed E-state index contributed by atoms with van der Waals surface area (Å²) in [4.78, 5) is 12.0. The van der Waals surface area contributed by atoms with Crippen LogP contribution in [0.5, 0.6) is 0 Å². The molecule has 0 fully saturated rings. The summed E-state index contributed by atoms with van der Waals surface area (Å²) in [5, 5.41) is 12.0. The van der Waals surface area contributed by atoms with Gasteiger partial charge in [0.15, 0.2) is 0 Å². The Morgan fingerprint density at radius 3 is 3.07 bits per heavy atom. The first-order valence-corrected chi connectivity index (χ1v) is 5.61. The van der Waals surface area contributed by atoms with E-state index in [2.05, 4.69) is 0 Å². The molecular formula is C11H9NO2S. The Bertz CT molecular complexity index is 591. The zero-order valence-corrected chi connectivity index (χ0v) is 8.70. The maximum atomic E-state index is 12.0. The van der Waals surface area contributed by atoms with Crippen LogP contribution < -0.4 is 5.56 Å². The molecule has 0 spiro atoms. The van der Waals surface area contributed by atoms with Crippen molar-refractivity contribution in [3.8, 4) is 0 Å². The lowest BCUT2D eigenvalue weighted by atomic mass is 10.2. The third-order valence-corrected chi connectivity index (χ3v) is 3.58. The van der Waals surface area contributed by atoms with Crippen LogP contribution in [0.3, 0.4) is 0 Å². The molecule has 1 N–H and O–H groups in total. The van der Waals surface area contributed by atoms with E-state index in [0.29, 0.717) is 6.54 Å². The molecule has 1 atom stereocenters. The van der Waals surface area contributed by atoms with Gasteiger partial charge in [-0.3, -0.25) is 9.36 Å². The van der Waals surface area contributed by atoms with E-state index in [1.54, 1.807) is 4.57 Å². The molecule has 3 nitrogen and oxygen atoms in total. The van der Waals surface area contributed by atoms with E-state index in [1.807, 2.05) is 30.3 Å². The second-order valence-electron chi connectivity index (χ2n) is 3.56. The fourth-order valence-electron chi connectivity index (χ4n) is 1.88. The molecule has 0 aliphatic carbocycles. The minimum absolute atomic E-state index is 0.00727. The predicted molar refractivity (Wildman–Crippen MR) is 60.1 cm³/mol. The van der Waals surface area contributed by atoms with Gasteiger partial charge in [-0.2, -0.15) is 0 Å². The number of aliphatic hydroxyl groups excluding tert-OH is 1. The molecule has 1 aromatic carbocycles. The summed E-state index contributed by atoms with van der Waals surface area (Å²) in [6, 6.07) is 9.46. The summed E-state index contributed by atoms with van der Waals surface area (Å²) < 4.78 is 1.64. The number of nitrogens with zero attached hydrogens (tertiary/aromatic N) is 1. The van der Waals surface area contributed by atoms with Crippen molar-refractivity contribution in [2.45, 2.75) is 17.0 Å². The molecule has 3 rings (SSSR count). The van der Waals surface area contributed by atoms with E-state index in [0.717, 1.165) is 15.8 Å². The van der Waals surface area contributed by atoms with E-state index >= 15 is 0 Å². The second kappa shape index (κ2) is 3.12. The summed E-state index contributed by atoms with van der Waals surface area (Å²) >= 11 is 1.34. The maximum absolute atomic E-state index is 12.0. The minimum atomic E-state index is -0.491. The maximum Gasteiger partial charge on any atom is 0.259 e. The van der Waals surface area contributed by atoms with E-state index in [-0.39, 0.29) is 5.56 Å². The number of thioether (sulfide) groups is 1. The Morgan fingerprint density at radius 1 is 1.40 bits per heavy atom. The quantitative estimate of drug-likeness (QED) is 0.728. The van der Waals surface area contributed by atoms with Crippen LogP contribution in [0.4, 0.5) is 0 Å². The van der Waals surface area contributed by atoms with Gasteiger partial charge in [-0.25, -0.2) is 0 Å². The topological polar surface area (TPSA) is 42.2 Å². The van der Waals surface area contributed by atoms with Gasteiger partial charge in [-0.05, 0) is 17.5 Å². The second-order valence-corrected chi connectivity index (χ2v) is 4.76. The minimum Gasteiger partial charge on any atom is -0.380 e. The van der Waals surface area contributed by atoms with Crippen molar-refractivity contribution >= 4 is 22.5 Å². The standard InChI is InChI=1S/C11H9NO2S/c13-10-6-12-9(15-10)5-7-3-1-2-4-8(7)11(12)14/h1-5,10,13H,6H2. The van der Waals surface area contributed by atoms with E-state index < -0.39 is 5.44 Å². The van der Waals surface area contributed by atoms with Crippen molar-refractivity contribution in [1.82, 2.24) is 4.57 Å². The SMILES string of the molecule is O=c1c2ccccc2cc2n1CC(O)S2. The molecule has 1 aliphatic heterocycles. The summed E-state index contributed by atoms with van der Waals surface area (Å²) in [5.74, 6) is 0. The lowest BCUT2D eigenvalue weighted by molar-refractivity contribution is 0.246. The Balaban J connectivity index is 2.40. The predicted octanol–water partition coefficient (Wildman–Crippen LogP) is 1.43. The van der Waals surface area contributed by atoms with Crippen LogP contribution in [0, 0.1) is 0 Å². The Kier molecular flexibility index (Phi) is 1.87. The molecule has 0 saturated carbocycles. The van der Waals surface area contributed by atoms with Gasteiger partial charge in [-0.15, -0.1) is 0 Å². The van der Waals surface area contributed by atoms with Gasteiger partial charge in [0.05, 0.1) is 11.6 Å². The zero-order valence-electron chi connectivity index (χ0n) is 7.88. The summed E-state index contributed by atoms with van der Waals surface area (Å²) in [6.07, 6.45) is 0. The van der Waals surface area contributed by atoms with Gasteiger partial charge < -0.3 is 5.11 Å². The van der Waals surface area contributed by atoms with Crippen LogP contribution >= 0.6 is 11.8 Å². The number of rotatable bonds is 0. The van der Waals surface area contributed by atoms with Crippen LogP contribution in [0.2, 0.25) is 0 Å². The number of aliphatic hydroxyl groups is 1. The molecule has 76 valence electrons. The van der Waals surface area contributed by atoms with E-state index in [1.165, 1.54) is 11.8 Å². The van der Waals surface area contributed by atoms with Crippen molar-refractivity contribution in [2.24, 2.45) is 0 Å². The normalized spacial score (nSPS) is 19.4. The van der Waals surface area contributed by atoms with Crippen molar-refractivity contribution in [1.29, 1.82) is 0 Å². The third-order valence-electron chi connectivity index (χ3n) is 2.58. The molecule has 0 radical (unpaired) electrons. The number of benzene rings is 1. The zero-order chi connectivity index (χ0) is 10.4. The summed E-state index contributed by atoms with van der Waals surface area (Å²) in [7, 11) is 0. The summed E-state index contributed by atoms with van der Waals surface area (Å²) in [5.41, 5.74) is -0.498. The van der Waals surface area contributed by atoms with Crippen LogP contribution in [0.15, 0.2) is 40.2 Å². The number of hydrogen-bond acceptors (Lipinski definition) is 3. The molecule has 1 aliphatic rings. The molecule has 1 aromatic heterocycles.